The molecule has 0 amide bonds. The number of carbonyl (C=O) groups is 1. The van der Waals surface area contributed by atoms with Crippen molar-refractivity contribution in [1.82, 2.24) is 0 Å². The first-order chi connectivity index (χ1) is 9.48. The second-order valence-corrected chi connectivity index (χ2v) is 5.98. The van der Waals surface area contributed by atoms with Gasteiger partial charge in [0.25, 0.3) is 0 Å². The number of rotatable bonds is 2. The van der Waals surface area contributed by atoms with Gasteiger partial charge in [0.1, 0.15) is 11.4 Å². The average Bonchev–Trinajstić information content (AvgIpc) is 2.80. The normalized spacial score (nSPS) is 26.9. The van der Waals surface area contributed by atoms with Crippen LogP contribution in [-0.2, 0) is 0 Å². The maximum atomic E-state index is 13.2. The Hall–Kier alpha value is -1.68. The van der Waals surface area contributed by atoms with Gasteiger partial charge in [0, 0.05) is 5.39 Å². The summed E-state index contributed by atoms with van der Waals surface area (Å²) >= 11 is 0. The molecule has 2 aromatic rings. The van der Waals surface area contributed by atoms with Crippen molar-refractivity contribution in [2.24, 2.45) is 11.7 Å². The van der Waals surface area contributed by atoms with Gasteiger partial charge < -0.3 is 10.2 Å². The number of hydrogen-bond donors (Lipinski definition) is 1. The fraction of sp³-hybridized carbons (Fsp3) is 0.438. The lowest BCUT2D eigenvalue weighted by molar-refractivity contribution is 0.0792. The molecule has 106 valence electrons. The number of ketones is 1. The Kier molecular flexibility index (Phi) is 3.13. The van der Waals surface area contributed by atoms with Gasteiger partial charge in [0.15, 0.2) is 5.76 Å². The van der Waals surface area contributed by atoms with Crippen molar-refractivity contribution in [3.63, 3.8) is 0 Å². The van der Waals surface area contributed by atoms with E-state index in [1.165, 1.54) is 18.2 Å². The van der Waals surface area contributed by atoms with Crippen molar-refractivity contribution in [2.75, 3.05) is 0 Å². The van der Waals surface area contributed by atoms with Crippen LogP contribution < -0.4 is 5.73 Å². The Morgan fingerprint density at radius 1 is 1.45 bits per heavy atom. The Balaban J connectivity index is 1.95. The molecular formula is C16H18FNO2. The molecule has 0 radical (unpaired) electrons. The molecule has 2 atom stereocenters. The van der Waals surface area contributed by atoms with Crippen molar-refractivity contribution in [3.05, 3.63) is 35.8 Å². The maximum absolute atomic E-state index is 13.2. The minimum absolute atomic E-state index is 0.166. The second kappa shape index (κ2) is 4.70. The molecule has 4 heteroatoms. The summed E-state index contributed by atoms with van der Waals surface area (Å²) in [5.41, 5.74) is 5.97. The lowest BCUT2D eigenvalue weighted by Gasteiger charge is -2.34. The maximum Gasteiger partial charge on any atom is 0.217 e. The highest BCUT2D eigenvalue weighted by Gasteiger charge is 2.39. The predicted molar refractivity (Wildman–Crippen MR) is 75.1 cm³/mol. The van der Waals surface area contributed by atoms with E-state index in [2.05, 4.69) is 6.92 Å². The topological polar surface area (TPSA) is 56.2 Å². The summed E-state index contributed by atoms with van der Waals surface area (Å²) in [6.07, 6.45) is 3.43. The van der Waals surface area contributed by atoms with Crippen LogP contribution in [0.5, 0.6) is 0 Å². The molecule has 2 unspecified atom stereocenters. The lowest BCUT2D eigenvalue weighted by Crippen LogP contribution is -2.50. The van der Waals surface area contributed by atoms with Crippen LogP contribution in [0.2, 0.25) is 0 Å². The number of halogens is 1. The van der Waals surface area contributed by atoms with Crippen LogP contribution in [0, 0.1) is 11.7 Å². The lowest BCUT2D eigenvalue weighted by atomic mass is 9.74. The van der Waals surface area contributed by atoms with Gasteiger partial charge in [0.05, 0.1) is 5.54 Å². The van der Waals surface area contributed by atoms with Crippen LogP contribution in [0.4, 0.5) is 4.39 Å². The zero-order valence-corrected chi connectivity index (χ0v) is 11.5. The van der Waals surface area contributed by atoms with E-state index in [0.29, 0.717) is 29.7 Å². The predicted octanol–water partition coefficient (Wildman–Crippen LogP) is 3.66. The third-order valence-electron chi connectivity index (χ3n) is 4.19. The zero-order chi connectivity index (χ0) is 14.3. The summed E-state index contributed by atoms with van der Waals surface area (Å²) in [6.45, 7) is 2.11. The number of Topliss-reactive ketones (excluding diaryl/α,β-unsaturated/α-hetero) is 1. The molecule has 0 aliphatic heterocycles. The van der Waals surface area contributed by atoms with Gasteiger partial charge >= 0.3 is 0 Å². The fourth-order valence-electron chi connectivity index (χ4n) is 3.17. The largest absolute Gasteiger partial charge is 0.453 e. The van der Waals surface area contributed by atoms with E-state index in [0.717, 1.165) is 12.8 Å². The van der Waals surface area contributed by atoms with Crippen LogP contribution in [0.15, 0.2) is 28.7 Å². The standard InChI is InChI=1S/C16H18FNO2/c1-10-3-2-6-16(18,9-10)15(19)14-8-11-7-12(17)4-5-13(11)20-14/h4-5,7-8,10H,2-3,6,9,18H2,1H3. The van der Waals surface area contributed by atoms with Gasteiger partial charge in [-0.15, -0.1) is 0 Å². The summed E-state index contributed by atoms with van der Waals surface area (Å²) in [6, 6.07) is 5.81. The first-order valence-corrected chi connectivity index (χ1v) is 7.01. The molecule has 20 heavy (non-hydrogen) atoms. The van der Waals surface area contributed by atoms with Crippen molar-refractivity contribution in [2.45, 2.75) is 38.1 Å². The van der Waals surface area contributed by atoms with E-state index in [1.54, 1.807) is 6.07 Å². The number of carbonyl (C=O) groups excluding carboxylic acids is 1. The first-order valence-electron chi connectivity index (χ1n) is 7.01. The third kappa shape index (κ3) is 2.24. The number of benzene rings is 1. The average molecular weight is 275 g/mol. The summed E-state index contributed by atoms with van der Waals surface area (Å²) < 4.78 is 18.7. The van der Waals surface area contributed by atoms with Crippen molar-refractivity contribution < 1.29 is 13.6 Å². The van der Waals surface area contributed by atoms with Gasteiger partial charge in [-0.1, -0.05) is 19.8 Å². The van der Waals surface area contributed by atoms with Crippen LogP contribution >= 0.6 is 0 Å². The van der Waals surface area contributed by atoms with Crippen LogP contribution in [0.3, 0.4) is 0 Å². The summed E-state index contributed by atoms with van der Waals surface area (Å²) in [4.78, 5) is 12.6. The van der Waals surface area contributed by atoms with E-state index in [9.17, 15) is 9.18 Å². The molecule has 3 nitrogen and oxygen atoms in total. The molecule has 1 aromatic heterocycles. The van der Waals surface area contributed by atoms with Crippen LogP contribution in [-0.4, -0.2) is 11.3 Å². The van der Waals surface area contributed by atoms with Gasteiger partial charge in [-0.25, -0.2) is 4.39 Å². The first kappa shape index (κ1) is 13.3. The third-order valence-corrected chi connectivity index (χ3v) is 4.19. The van der Waals surface area contributed by atoms with E-state index in [4.69, 9.17) is 10.2 Å². The molecule has 0 spiro atoms. The van der Waals surface area contributed by atoms with Crippen LogP contribution in [0.25, 0.3) is 11.0 Å². The highest BCUT2D eigenvalue weighted by Crippen LogP contribution is 2.34. The molecule has 2 N–H and O–H groups in total. The Labute approximate surface area is 116 Å². The Morgan fingerprint density at radius 2 is 2.25 bits per heavy atom. The summed E-state index contributed by atoms with van der Waals surface area (Å²) in [5, 5.41) is 0.598. The van der Waals surface area contributed by atoms with Crippen molar-refractivity contribution in [1.29, 1.82) is 0 Å². The summed E-state index contributed by atoms with van der Waals surface area (Å²) in [7, 11) is 0. The van der Waals surface area contributed by atoms with Gasteiger partial charge in [-0.2, -0.15) is 0 Å². The molecule has 1 saturated carbocycles. The number of fused-ring (bicyclic) bond motifs is 1. The minimum Gasteiger partial charge on any atom is -0.453 e. The highest BCUT2D eigenvalue weighted by molar-refractivity contribution is 6.03. The quantitative estimate of drug-likeness (QED) is 0.851. The van der Waals surface area contributed by atoms with Gasteiger partial charge in [-0.3, -0.25) is 4.79 Å². The number of furan rings is 1. The monoisotopic (exact) mass is 275 g/mol. The molecular weight excluding hydrogens is 257 g/mol. The number of nitrogens with two attached hydrogens (primary N) is 1. The molecule has 1 fully saturated rings. The zero-order valence-electron chi connectivity index (χ0n) is 11.5. The smallest absolute Gasteiger partial charge is 0.217 e. The molecule has 0 bridgehead atoms. The fourth-order valence-corrected chi connectivity index (χ4v) is 3.17. The molecule has 1 aromatic carbocycles. The minimum atomic E-state index is -0.843. The Bertz CT molecular complexity index is 664. The Morgan fingerprint density at radius 3 is 3.00 bits per heavy atom. The summed E-state index contributed by atoms with van der Waals surface area (Å²) in [5.74, 6) is 0.174. The van der Waals surface area contributed by atoms with E-state index in [-0.39, 0.29) is 17.4 Å². The number of hydrogen-bond acceptors (Lipinski definition) is 3. The van der Waals surface area contributed by atoms with Crippen molar-refractivity contribution >= 4 is 16.8 Å². The molecule has 0 saturated heterocycles. The van der Waals surface area contributed by atoms with E-state index < -0.39 is 5.54 Å². The molecule has 1 aliphatic rings. The highest BCUT2D eigenvalue weighted by atomic mass is 19.1. The molecule has 1 aliphatic carbocycles. The second-order valence-electron chi connectivity index (χ2n) is 5.98. The SMILES string of the molecule is CC1CCCC(N)(C(=O)c2cc3cc(F)ccc3o2)C1. The molecule has 3 rings (SSSR count). The van der Waals surface area contributed by atoms with Crippen LogP contribution in [0.1, 0.15) is 43.2 Å². The van der Waals surface area contributed by atoms with Gasteiger partial charge in [-0.05, 0) is 43.0 Å². The van der Waals surface area contributed by atoms with Gasteiger partial charge in [0.2, 0.25) is 5.78 Å². The van der Waals surface area contributed by atoms with Crippen molar-refractivity contribution in [3.8, 4) is 0 Å². The van der Waals surface area contributed by atoms with E-state index >= 15 is 0 Å². The van der Waals surface area contributed by atoms with E-state index in [1.807, 2.05) is 0 Å². The molecule has 1 heterocycles.